The number of para-hydroxylation sites is 1. The van der Waals surface area contributed by atoms with Gasteiger partial charge in [0.25, 0.3) is 5.91 Å². The fourth-order valence-electron chi connectivity index (χ4n) is 3.34. The molecule has 0 bridgehead atoms. The van der Waals surface area contributed by atoms with Gasteiger partial charge in [-0.1, -0.05) is 24.3 Å². The Balaban J connectivity index is 1.66. The molecule has 0 fully saturated rings. The highest BCUT2D eigenvalue weighted by atomic mass is 19.4. The van der Waals surface area contributed by atoms with E-state index in [9.17, 15) is 22.8 Å². The standard InChI is InChI=1S/C23H17F3N2O4/c1-2-31-22(30)19-11-10-16(32-19)13-28-18-9-4-3-8-17(18)20(21(28)29)27-15-7-5-6-14(12-15)23(24,25)26/h3-12H,2,13H2,1H3/b27-20-. The maximum Gasteiger partial charge on any atom is 0.416 e. The van der Waals surface area contributed by atoms with Gasteiger partial charge in [-0.2, -0.15) is 13.2 Å². The molecule has 0 atom stereocenters. The number of fused-ring (bicyclic) bond motifs is 1. The molecule has 4 rings (SSSR count). The number of carbonyl (C=O) groups is 2. The van der Waals surface area contributed by atoms with Gasteiger partial charge in [-0.25, -0.2) is 9.79 Å². The van der Waals surface area contributed by atoms with Crippen LogP contribution in [0.15, 0.2) is 70.1 Å². The largest absolute Gasteiger partial charge is 0.460 e. The van der Waals surface area contributed by atoms with Gasteiger partial charge in [0.05, 0.1) is 30.1 Å². The first-order valence-corrected chi connectivity index (χ1v) is 9.71. The van der Waals surface area contributed by atoms with Gasteiger partial charge in [-0.05, 0) is 43.3 Å². The van der Waals surface area contributed by atoms with Gasteiger partial charge < -0.3 is 9.15 Å². The maximum atomic E-state index is 13.1. The minimum absolute atomic E-state index is 0.0108. The monoisotopic (exact) mass is 442 g/mol. The molecule has 0 spiro atoms. The Hall–Kier alpha value is -3.88. The minimum Gasteiger partial charge on any atom is -0.460 e. The molecule has 9 heteroatoms. The van der Waals surface area contributed by atoms with Crippen molar-refractivity contribution in [3.63, 3.8) is 0 Å². The van der Waals surface area contributed by atoms with Crippen LogP contribution in [0.25, 0.3) is 0 Å². The summed E-state index contributed by atoms with van der Waals surface area (Å²) in [5.74, 6) is -0.743. The molecule has 1 aromatic heterocycles. The van der Waals surface area contributed by atoms with Gasteiger partial charge in [0.2, 0.25) is 5.76 Å². The molecule has 2 heterocycles. The van der Waals surface area contributed by atoms with Gasteiger partial charge in [-0.15, -0.1) is 0 Å². The number of hydrogen-bond donors (Lipinski definition) is 0. The van der Waals surface area contributed by atoms with Crippen LogP contribution in [0.2, 0.25) is 0 Å². The Labute approximate surface area is 180 Å². The third-order valence-corrected chi connectivity index (χ3v) is 4.76. The van der Waals surface area contributed by atoms with E-state index < -0.39 is 23.6 Å². The number of alkyl halides is 3. The average molecular weight is 442 g/mol. The molecule has 3 aromatic rings. The van der Waals surface area contributed by atoms with Gasteiger partial charge in [0.1, 0.15) is 11.5 Å². The van der Waals surface area contributed by atoms with Crippen LogP contribution in [0.5, 0.6) is 0 Å². The molecule has 0 unspecified atom stereocenters. The Kier molecular flexibility index (Phi) is 5.56. The summed E-state index contributed by atoms with van der Waals surface area (Å²) in [6, 6.07) is 14.3. The minimum atomic E-state index is -4.52. The average Bonchev–Trinajstić information content (AvgIpc) is 3.33. The van der Waals surface area contributed by atoms with Crippen LogP contribution in [-0.2, 0) is 22.3 Å². The lowest BCUT2D eigenvalue weighted by molar-refractivity contribution is -0.137. The summed E-state index contributed by atoms with van der Waals surface area (Å²) in [4.78, 5) is 30.6. The molecule has 0 aliphatic carbocycles. The number of furan rings is 1. The van der Waals surface area contributed by atoms with Crippen molar-refractivity contribution in [3.05, 3.63) is 83.3 Å². The second kappa shape index (κ2) is 8.33. The van der Waals surface area contributed by atoms with Crippen LogP contribution < -0.4 is 4.90 Å². The Bertz CT molecular complexity index is 1210. The molecular weight excluding hydrogens is 425 g/mol. The number of halogens is 3. The number of anilines is 1. The molecular formula is C23H17F3N2O4. The van der Waals surface area contributed by atoms with E-state index in [2.05, 4.69) is 4.99 Å². The number of esters is 1. The highest BCUT2D eigenvalue weighted by molar-refractivity contribution is 6.54. The van der Waals surface area contributed by atoms with Crippen molar-refractivity contribution in [3.8, 4) is 0 Å². The number of rotatable bonds is 5. The molecule has 0 saturated heterocycles. The SMILES string of the molecule is CCOC(=O)c1ccc(CN2C(=O)/C(=N\c3cccc(C(F)(F)F)c3)c3ccccc32)o1. The van der Waals surface area contributed by atoms with E-state index in [1.807, 2.05) is 0 Å². The van der Waals surface area contributed by atoms with Crippen molar-refractivity contribution in [2.45, 2.75) is 19.6 Å². The highest BCUT2D eigenvalue weighted by Gasteiger charge is 2.35. The van der Waals surface area contributed by atoms with Crippen molar-refractivity contribution in [1.29, 1.82) is 0 Å². The summed E-state index contributed by atoms with van der Waals surface area (Å²) < 4.78 is 49.5. The zero-order chi connectivity index (χ0) is 22.9. The van der Waals surface area contributed by atoms with E-state index in [-0.39, 0.29) is 30.3 Å². The smallest absolute Gasteiger partial charge is 0.416 e. The van der Waals surface area contributed by atoms with Crippen LogP contribution in [0.1, 0.15) is 34.4 Å². The van der Waals surface area contributed by atoms with Crippen LogP contribution in [0.3, 0.4) is 0 Å². The number of hydrogen-bond acceptors (Lipinski definition) is 5. The van der Waals surface area contributed by atoms with Gasteiger partial charge in [-0.3, -0.25) is 9.69 Å². The lowest BCUT2D eigenvalue weighted by atomic mass is 10.1. The predicted molar refractivity (Wildman–Crippen MR) is 110 cm³/mol. The number of ether oxygens (including phenoxy) is 1. The van der Waals surface area contributed by atoms with E-state index in [1.165, 1.54) is 23.1 Å². The summed E-state index contributed by atoms with van der Waals surface area (Å²) in [7, 11) is 0. The van der Waals surface area contributed by atoms with E-state index in [0.717, 1.165) is 12.1 Å². The first kappa shape index (κ1) is 21.4. The van der Waals surface area contributed by atoms with Crippen molar-refractivity contribution < 1.29 is 31.9 Å². The second-order valence-electron chi connectivity index (χ2n) is 6.90. The third kappa shape index (κ3) is 4.14. The van der Waals surface area contributed by atoms with Gasteiger partial charge in [0.15, 0.2) is 0 Å². The fraction of sp³-hybridized carbons (Fsp3) is 0.174. The maximum absolute atomic E-state index is 13.1. The first-order chi connectivity index (χ1) is 15.3. The van der Waals surface area contributed by atoms with Crippen LogP contribution >= 0.6 is 0 Å². The molecule has 1 amide bonds. The molecule has 2 aromatic carbocycles. The quantitative estimate of drug-likeness (QED) is 0.513. The fourth-order valence-corrected chi connectivity index (χ4v) is 3.34. The normalized spacial score (nSPS) is 14.7. The summed E-state index contributed by atoms with van der Waals surface area (Å²) in [6.07, 6.45) is -4.52. The number of carbonyl (C=O) groups excluding carboxylic acids is 2. The summed E-state index contributed by atoms with van der Waals surface area (Å²) in [6.45, 7) is 1.88. The number of benzene rings is 2. The number of nitrogens with zero attached hydrogens (tertiary/aromatic N) is 2. The van der Waals surface area contributed by atoms with Crippen molar-refractivity contribution in [1.82, 2.24) is 0 Å². The van der Waals surface area contributed by atoms with E-state index in [1.54, 1.807) is 37.3 Å². The Morgan fingerprint density at radius 3 is 2.62 bits per heavy atom. The van der Waals surface area contributed by atoms with E-state index in [0.29, 0.717) is 17.0 Å². The zero-order valence-electron chi connectivity index (χ0n) is 16.8. The lowest BCUT2D eigenvalue weighted by Crippen LogP contribution is -2.29. The molecule has 1 aliphatic heterocycles. The summed E-state index contributed by atoms with van der Waals surface area (Å²) in [5.41, 5.74) is 0.223. The Morgan fingerprint density at radius 1 is 1.09 bits per heavy atom. The summed E-state index contributed by atoms with van der Waals surface area (Å²) in [5, 5.41) is 0. The lowest BCUT2D eigenvalue weighted by Gasteiger charge is -2.15. The van der Waals surface area contributed by atoms with Gasteiger partial charge in [0, 0.05) is 5.56 Å². The van der Waals surface area contributed by atoms with Crippen LogP contribution in [0.4, 0.5) is 24.5 Å². The second-order valence-corrected chi connectivity index (χ2v) is 6.90. The highest BCUT2D eigenvalue weighted by Crippen LogP contribution is 2.34. The van der Waals surface area contributed by atoms with Crippen LogP contribution in [0, 0.1) is 0 Å². The predicted octanol–water partition coefficient (Wildman–Crippen LogP) is 5.14. The van der Waals surface area contributed by atoms with E-state index in [4.69, 9.17) is 9.15 Å². The molecule has 1 aliphatic rings. The number of aliphatic imine (C=N–C) groups is 1. The molecule has 32 heavy (non-hydrogen) atoms. The number of amides is 1. The third-order valence-electron chi connectivity index (χ3n) is 4.76. The molecule has 0 radical (unpaired) electrons. The van der Waals surface area contributed by atoms with E-state index >= 15 is 0 Å². The summed E-state index contributed by atoms with van der Waals surface area (Å²) >= 11 is 0. The zero-order valence-corrected chi connectivity index (χ0v) is 16.8. The van der Waals surface area contributed by atoms with Crippen LogP contribution in [-0.4, -0.2) is 24.2 Å². The molecule has 6 nitrogen and oxygen atoms in total. The Morgan fingerprint density at radius 2 is 1.88 bits per heavy atom. The molecule has 0 N–H and O–H groups in total. The molecule has 164 valence electrons. The van der Waals surface area contributed by atoms with Crippen molar-refractivity contribution >= 4 is 29.0 Å². The van der Waals surface area contributed by atoms with Crippen molar-refractivity contribution in [2.24, 2.45) is 4.99 Å². The first-order valence-electron chi connectivity index (χ1n) is 9.71. The van der Waals surface area contributed by atoms with Gasteiger partial charge >= 0.3 is 12.1 Å². The molecule has 0 saturated carbocycles. The van der Waals surface area contributed by atoms with Crippen molar-refractivity contribution in [2.75, 3.05) is 11.5 Å². The topological polar surface area (TPSA) is 72.1 Å².